The van der Waals surface area contributed by atoms with Crippen molar-refractivity contribution >= 4 is 16.0 Å². The number of ether oxygens (including phenoxy) is 1. The number of likely N-dealkylation sites (N-methyl/N-ethyl adjacent to an activating group) is 1. The molecule has 0 radical (unpaired) electrons. The molecule has 2 aromatic rings. The topological polar surface area (TPSA) is 92.7 Å². The maximum atomic E-state index is 12.8. The molecule has 2 rings (SSSR count). The van der Waals surface area contributed by atoms with Crippen molar-refractivity contribution in [3.63, 3.8) is 0 Å². The van der Waals surface area contributed by atoms with Gasteiger partial charge in [0.05, 0.1) is 45.0 Å². The molecule has 0 aliphatic rings. The van der Waals surface area contributed by atoms with Crippen LogP contribution in [0, 0.1) is 0 Å². The Hall–Kier alpha value is -2.42. The molecule has 0 heterocycles. The molecule has 8 heteroatoms. The third kappa shape index (κ3) is 7.30. The van der Waals surface area contributed by atoms with Crippen LogP contribution < -0.4 is 9.46 Å². The number of carbonyl (C=O) groups is 1. The molecule has 0 unspecified atom stereocenters. The predicted octanol–water partition coefficient (Wildman–Crippen LogP) is 2.09. The fourth-order valence-electron chi connectivity index (χ4n) is 2.77. The lowest BCUT2D eigenvalue weighted by molar-refractivity contribution is -0.871. The summed E-state index contributed by atoms with van der Waals surface area (Å²) in [5.74, 6) is -0.630. The van der Waals surface area contributed by atoms with Crippen LogP contribution in [0.1, 0.15) is 12.0 Å². The smallest absolute Gasteiger partial charge is 0.305 e. The zero-order valence-electron chi connectivity index (χ0n) is 16.3. The molecule has 0 aromatic heterocycles. The van der Waals surface area contributed by atoms with E-state index >= 15 is 0 Å². The minimum Gasteiger partial charge on any atom is -0.489 e. The van der Waals surface area contributed by atoms with Gasteiger partial charge in [-0.1, -0.05) is 36.4 Å². The summed E-state index contributed by atoms with van der Waals surface area (Å²) in [6.07, 6.45) is -0.293. The Kier molecular flexibility index (Phi) is 7.17. The Balaban J connectivity index is 2.13. The summed E-state index contributed by atoms with van der Waals surface area (Å²) in [5.41, 5.74) is 0.971. The molecule has 1 atom stereocenters. The van der Waals surface area contributed by atoms with E-state index in [4.69, 9.17) is 9.84 Å². The van der Waals surface area contributed by atoms with Crippen LogP contribution in [0.2, 0.25) is 0 Å². The molecule has 2 aromatic carbocycles. The summed E-state index contributed by atoms with van der Waals surface area (Å²) in [6.45, 7) is 0.663. The molecule has 28 heavy (non-hydrogen) atoms. The van der Waals surface area contributed by atoms with Crippen molar-refractivity contribution in [2.75, 3.05) is 27.7 Å². The fraction of sp³-hybridized carbons (Fsp3) is 0.350. The van der Waals surface area contributed by atoms with Gasteiger partial charge < -0.3 is 14.3 Å². The van der Waals surface area contributed by atoms with E-state index in [1.165, 1.54) is 12.1 Å². The van der Waals surface area contributed by atoms with Crippen molar-refractivity contribution in [1.29, 1.82) is 0 Å². The van der Waals surface area contributed by atoms with Gasteiger partial charge in [-0.2, -0.15) is 0 Å². The van der Waals surface area contributed by atoms with E-state index in [9.17, 15) is 13.2 Å². The van der Waals surface area contributed by atoms with E-state index in [0.29, 0.717) is 23.4 Å². The number of aliphatic carboxylic acids is 1. The van der Waals surface area contributed by atoms with Crippen LogP contribution in [0.3, 0.4) is 0 Å². The highest BCUT2D eigenvalue weighted by molar-refractivity contribution is 7.89. The van der Waals surface area contributed by atoms with Crippen molar-refractivity contribution in [2.45, 2.75) is 24.0 Å². The second kappa shape index (κ2) is 9.18. The average molecular weight is 408 g/mol. The third-order valence-electron chi connectivity index (χ3n) is 3.88. The number of quaternary nitrogens is 1. The average Bonchev–Trinajstić information content (AvgIpc) is 2.58. The van der Waals surface area contributed by atoms with Crippen molar-refractivity contribution in [3.8, 4) is 5.75 Å². The van der Waals surface area contributed by atoms with Gasteiger partial charge in [-0.25, -0.2) is 13.1 Å². The minimum absolute atomic E-state index is 0.0369. The maximum Gasteiger partial charge on any atom is 0.305 e. The van der Waals surface area contributed by atoms with Crippen molar-refractivity contribution in [2.24, 2.45) is 0 Å². The molecule has 0 aliphatic carbocycles. The molecule has 0 bridgehead atoms. The normalized spacial score (nSPS) is 13.1. The highest BCUT2D eigenvalue weighted by Crippen LogP contribution is 2.19. The molecule has 0 fully saturated rings. The summed E-state index contributed by atoms with van der Waals surface area (Å²) in [4.78, 5) is 11.2. The molecule has 7 nitrogen and oxygen atoms in total. The zero-order chi connectivity index (χ0) is 20.8. The van der Waals surface area contributed by atoms with Crippen LogP contribution >= 0.6 is 0 Å². The van der Waals surface area contributed by atoms with Gasteiger partial charge in [0.1, 0.15) is 12.4 Å². The van der Waals surface area contributed by atoms with E-state index in [0.717, 1.165) is 5.56 Å². The predicted molar refractivity (Wildman–Crippen MR) is 106 cm³/mol. The Bertz CT molecular complexity index is 892. The first-order valence-electron chi connectivity index (χ1n) is 8.86. The maximum absolute atomic E-state index is 12.8. The number of nitrogens with one attached hydrogen (secondary N) is 1. The summed E-state index contributed by atoms with van der Waals surface area (Å²) in [5, 5.41) is 9.11. The van der Waals surface area contributed by atoms with Gasteiger partial charge in [0.2, 0.25) is 10.0 Å². The Morgan fingerprint density at radius 1 is 1.11 bits per heavy atom. The molecule has 152 valence electrons. The first-order valence-corrected chi connectivity index (χ1v) is 10.3. The number of hydrogen-bond donors (Lipinski definition) is 2. The lowest BCUT2D eigenvalue weighted by Crippen LogP contribution is -2.49. The monoisotopic (exact) mass is 407 g/mol. The number of hydrogen-bond acceptors (Lipinski definition) is 4. The van der Waals surface area contributed by atoms with Crippen LogP contribution in [-0.4, -0.2) is 57.7 Å². The highest BCUT2D eigenvalue weighted by atomic mass is 32.2. The summed E-state index contributed by atoms with van der Waals surface area (Å²) >= 11 is 0. The number of rotatable bonds is 10. The quantitative estimate of drug-likeness (QED) is 0.589. The summed E-state index contributed by atoms with van der Waals surface area (Å²) < 4.78 is 34.2. The SMILES string of the molecule is C[N+](C)(C)C[C@@H](CC(=O)O)NS(=O)(=O)c1cccc(OCc2ccccc2)c1. The van der Waals surface area contributed by atoms with E-state index in [1.54, 1.807) is 12.1 Å². The summed E-state index contributed by atoms with van der Waals surface area (Å²) in [7, 11) is 1.74. The van der Waals surface area contributed by atoms with Gasteiger partial charge >= 0.3 is 5.97 Å². The van der Waals surface area contributed by atoms with E-state index in [2.05, 4.69) is 4.72 Å². The second-order valence-corrected chi connectivity index (χ2v) is 9.35. The largest absolute Gasteiger partial charge is 0.489 e. The van der Waals surface area contributed by atoms with Crippen LogP contribution in [0.25, 0.3) is 0 Å². The van der Waals surface area contributed by atoms with Crippen molar-refractivity contribution < 1.29 is 27.5 Å². The fourth-order valence-corrected chi connectivity index (χ4v) is 4.04. The minimum atomic E-state index is -3.89. The van der Waals surface area contributed by atoms with Gasteiger partial charge in [-0.3, -0.25) is 4.79 Å². The van der Waals surface area contributed by atoms with Crippen LogP contribution in [0.15, 0.2) is 59.5 Å². The molecule has 0 saturated heterocycles. The standard InChI is InChI=1S/C20H26N2O5S/c1-22(2,3)14-17(12-20(23)24)21-28(25,26)19-11-7-10-18(13-19)27-15-16-8-5-4-6-9-16/h4-11,13,17,21H,12,14-15H2,1-3H3/p+1/t17-/m1/s1. The molecule has 2 N–H and O–H groups in total. The third-order valence-corrected chi connectivity index (χ3v) is 5.39. The number of benzene rings is 2. The molecule has 0 amide bonds. The van der Waals surface area contributed by atoms with Gasteiger partial charge in [0.25, 0.3) is 0 Å². The van der Waals surface area contributed by atoms with E-state index in [1.807, 2.05) is 51.5 Å². The number of carboxylic acid groups (broad SMARTS) is 1. The van der Waals surface area contributed by atoms with E-state index in [-0.39, 0.29) is 11.3 Å². The van der Waals surface area contributed by atoms with Crippen molar-refractivity contribution in [1.82, 2.24) is 4.72 Å². The van der Waals surface area contributed by atoms with Crippen LogP contribution in [-0.2, 0) is 21.4 Å². The molecular weight excluding hydrogens is 380 g/mol. The van der Waals surface area contributed by atoms with Gasteiger partial charge in [-0.05, 0) is 17.7 Å². The zero-order valence-corrected chi connectivity index (χ0v) is 17.1. The van der Waals surface area contributed by atoms with E-state index < -0.39 is 22.0 Å². The second-order valence-electron chi connectivity index (χ2n) is 7.64. The number of sulfonamides is 1. The van der Waals surface area contributed by atoms with Gasteiger partial charge in [0, 0.05) is 6.07 Å². The van der Waals surface area contributed by atoms with Crippen LogP contribution in [0.5, 0.6) is 5.75 Å². The molecule has 0 aliphatic heterocycles. The van der Waals surface area contributed by atoms with Gasteiger partial charge in [0.15, 0.2) is 0 Å². The molecule has 0 saturated carbocycles. The van der Waals surface area contributed by atoms with Crippen molar-refractivity contribution in [3.05, 3.63) is 60.2 Å². The highest BCUT2D eigenvalue weighted by Gasteiger charge is 2.27. The Labute approximate surface area is 166 Å². The number of nitrogens with zero attached hydrogens (tertiary/aromatic N) is 1. The molecular formula is C20H27N2O5S+. The Morgan fingerprint density at radius 2 is 1.79 bits per heavy atom. The first kappa shape index (κ1) is 21.9. The van der Waals surface area contributed by atoms with Crippen LogP contribution in [0.4, 0.5) is 0 Å². The lowest BCUT2D eigenvalue weighted by atomic mass is 10.2. The molecule has 0 spiro atoms. The van der Waals surface area contributed by atoms with Gasteiger partial charge in [-0.15, -0.1) is 0 Å². The number of carboxylic acids is 1. The Morgan fingerprint density at radius 3 is 2.39 bits per heavy atom. The summed E-state index contributed by atoms with van der Waals surface area (Å²) in [6, 6.07) is 15.0. The first-order chi connectivity index (χ1) is 13.0. The lowest BCUT2D eigenvalue weighted by Gasteiger charge is -2.29.